The lowest BCUT2D eigenvalue weighted by atomic mass is 10.0. The molecule has 3 saturated heterocycles. The number of ketones is 1. The third-order valence-corrected chi connectivity index (χ3v) is 10.7. The minimum Gasteiger partial charge on any atom is -0.491 e. The number of rotatable bonds is 11. The Morgan fingerprint density at radius 1 is 0.943 bits per heavy atom. The van der Waals surface area contributed by atoms with Crippen molar-refractivity contribution in [2.75, 3.05) is 54.1 Å². The molecule has 3 unspecified atom stereocenters. The monoisotopic (exact) mass is 761 g/mol. The number of aromatic nitrogens is 3. The maximum absolute atomic E-state index is 13.3. The van der Waals surface area contributed by atoms with Crippen LogP contribution in [-0.2, 0) is 31.4 Å². The fourth-order valence-electron chi connectivity index (χ4n) is 7.13. The quantitative estimate of drug-likeness (QED) is 0.174. The maximum atomic E-state index is 13.3. The molecule has 278 valence electrons. The number of hydrogen-bond donors (Lipinski definition) is 0. The topological polar surface area (TPSA) is 123 Å². The van der Waals surface area contributed by atoms with Gasteiger partial charge in [0.1, 0.15) is 43.2 Å². The molecule has 3 aromatic carbocycles. The fraction of sp³-hybridized carbons (Fsp3) is 0.395. The van der Waals surface area contributed by atoms with Crippen molar-refractivity contribution in [2.45, 2.75) is 57.7 Å². The molecule has 0 bridgehead atoms. The van der Waals surface area contributed by atoms with Crippen LogP contribution in [0.1, 0.15) is 33.3 Å². The number of imide groups is 1. The minimum absolute atomic E-state index is 0.171. The Kier molecular flexibility index (Phi) is 10.1. The Balaban J connectivity index is 0.927. The molecule has 3 aliphatic heterocycles. The number of benzene rings is 3. The number of amides is 3. The van der Waals surface area contributed by atoms with Gasteiger partial charge >= 0.3 is 6.03 Å². The second-order valence-corrected chi connectivity index (χ2v) is 14.8. The van der Waals surface area contributed by atoms with E-state index in [4.69, 9.17) is 37.4 Å². The third-order valence-electron chi connectivity index (χ3n) is 10.1. The van der Waals surface area contributed by atoms with Crippen molar-refractivity contribution in [1.29, 1.82) is 0 Å². The molecule has 3 fully saturated rings. The highest BCUT2D eigenvalue weighted by Gasteiger charge is 2.54. The molecule has 7 rings (SSSR count). The molecule has 4 aromatic rings. The smallest absolute Gasteiger partial charge is 0.332 e. The van der Waals surface area contributed by atoms with E-state index >= 15 is 0 Å². The van der Waals surface area contributed by atoms with Crippen molar-refractivity contribution >= 4 is 58.0 Å². The number of anilines is 3. The van der Waals surface area contributed by atoms with Crippen LogP contribution in [0.4, 0.5) is 21.9 Å². The van der Waals surface area contributed by atoms with Crippen LogP contribution >= 0.6 is 23.2 Å². The lowest BCUT2D eigenvalue weighted by Crippen LogP contribution is -2.51. The molecule has 3 aliphatic rings. The van der Waals surface area contributed by atoms with Gasteiger partial charge in [0.05, 0.1) is 23.4 Å². The summed E-state index contributed by atoms with van der Waals surface area (Å²) in [4.78, 5) is 49.9. The van der Waals surface area contributed by atoms with E-state index in [-0.39, 0.29) is 30.9 Å². The molecule has 15 heteroatoms. The van der Waals surface area contributed by atoms with Gasteiger partial charge in [-0.05, 0) is 88.4 Å². The van der Waals surface area contributed by atoms with E-state index < -0.39 is 23.4 Å². The van der Waals surface area contributed by atoms with Crippen LogP contribution < -0.4 is 19.4 Å². The van der Waals surface area contributed by atoms with E-state index in [2.05, 4.69) is 32.0 Å². The fourth-order valence-corrected chi connectivity index (χ4v) is 7.68. The largest absolute Gasteiger partial charge is 0.491 e. The first kappa shape index (κ1) is 36.7. The summed E-state index contributed by atoms with van der Waals surface area (Å²) in [6.07, 6.45) is 2.69. The molecule has 13 nitrogen and oxygen atoms in total. The molecule has 3 atom stereocenters. The summed E-state index contributed by atoms with van der Waals surface area (Å²) < 4.78 is 20.5. The average Bonchev–Trinajstić information content (AvgIpc) is 3.85. The first-order chi connectivity index (χ1) is 25.4. The number of ether oxygens (including phenoxy) is 3. The third kappa shape index (κ3) is 7.18. The molecule has 0 spiro atoms. The van der Waals surface area contributed by atoms with Crippen LogP contribution in [-0.4, -0.2) is 94.5 Å². The van der Waals surface area contributed by atoms with Gasteiger partial charge in [-0.25, -0.2) is 19.4 Å². The summed E-state index contributed by atoms with van der Waals surface area (Å²) in [5, 5.41) is 5.17. The second kappa shape index (κ2) is 14.6. The van der Waals surface area contributed by atoms with Crippen LogP contribution in [0.15, 0.2) is 79.4 Å². The number of carbonyl (C=O) groups excluding carboxylic acids is 3. The van der Waals surface area contributed by atoms with Crippen molar-refractivity contribution < 1.29 is 28.6 Å². The van der Waals surface area contributed by atoms with Gasteiger partial charge < -0.3 is 28.9 Å². The van der Waals surface area contributed by atoms with E-state index in [0.717, 1.165) is 37.6 Å². The SMILES string of the molecule is CC(=O)C(C)N1C(=O)N(c2ccc(N3CCN(c4ccc(OCC5COC(Cn6cncn6)(c6ccc(Cl)cc6Cl)O5)cc4)CC3)cc2)C(=O)C1(C)C. The van der Waals surface area contributed by atoms with E-state index in [1.165, 1.54) is 23.1 Å². The standard InChI is InChI=1S/C38H41Cl2N7O6/c1-25(26(2)48)47-36(50)46(35(49)37(47,3)4)30-8-6-28(7-9-30)43-15-17-44(18-16-43)29-10-12-31(13-11-29)51-20-32-21-52-38(53-32,22-45-24-41-23-42-45)33-14-5-27(39)19-34(33)40/h5-14,19,23-25,32H,15-18,20-22H2,1-4H3. The van der Waals surface area contributed by atoms with Crippen LogP contribution in [0, 0.1) is 0 Å². The first-order valence-electron chi connectivity index (χ1n) is 17.5. The van der Waals surface area contributed by atoms with E-state index in [0.29, 0.717) is 33.7 Å². The van der Waals surface area contributed by atoms with Crippen LogP contribution in [0.3, 0.4) is 0 Å². The molecule has 0 aliphatic carbocycles. The predicted octanol–water partition coefficient (Wildman–Crippen LogP) is 5.78. The molecule has 0 N–H and O–H groups in total. The Labute approximate surface area is 317 Å². The Bertz CT molecular complexity index is 1970. The highest BCUT2D eigenvalue weighted by Crippen LogP contribution is 2.41. The van der Waals surface area contributed by atoms with Gasteiger partial charge in [0, 0.05) is 48.1 Å². The van der Waals surface area contributed by atoms with Crippen molar-refractivity contribution in [3.8, 4) is 5.75 Å². The Hall–Kier alpha value is -4.69. The summed E-state index contributed by atoms with van der Waals surface area (Å²) in [7, 11) is 0. The molecular formula is C38H41Cl2N7O6. The summed E-state index contributed by atoms with van der Waals surface area (Å²) in [5.41, 5.74) is 2.11. The van der Waals surface area contributed by atoms with Crippen molar-refractivity contribution in [3.05, 3.63) is 95.0 Å². The number of piperazine rings is 1. The van der Waals surface area contributed by atoms with Gasteiger partial charge in [-0.1, -0.05) is 29.3 Å². The Morgan fingerprint density at radius 2 is 1.57 bits per heavy atom. The highest BCUT2D eigenvalue weighted by atomic mass is 35.5. The predicted molar refractivity (Wildman–Crippen MR) is 201 cm³/mol. The van der Waals surface area contributed by atoms with E-state index in [1.54, 1.807) is 62.1 Å². The molecule has 4 heterocycles. The first-order valence-corrected chi connectivity index (χ1v) is 18.2. The van der Waals surface area contributed by atoms with Crippen LogP contribution in [0.25, 0.3) is 0 Å². The number of Topliss-reactive ketones (excluding diaryl/α,β-unsaturated/α-hetero) is 1. The van der Waals surface area contributed by atoms with Gasteiger partial charge in [0.2, 0.25) is 5.79 Å². The molecule has 1 aromatic heterocycles. The zero-order chi connectivity index (χ0) is 37.5. The van der Waals surface area contributed by atoms with Gasteiger partial charge in [-0.3, -0.25) is 9.59 Å². The lowest BCUT2D eigenvalue weighted by Gasteiger charge is -2.37. The van der Waals surface area contributed by atoms with Gasteiger partial charge in [-0.2, -0.15) is 5.10 Å². The lowest BCUT2D eigenvalue weighted by molar-refractivity contribution is -0.190. The Morgan fingerprint density at radius 3 is 2.15 bits per heavy atom. The minimum atomic E-state index is -1.18. The van der Waals surface area contributed by atoms with Crippen molar-refractivity contribution in [3.63, 3.8) is 0 Å². The van der Waals surface area contributed by atoms with Gasteiger partial charge in [0.25, 0.3) is 5.91 Å². The van der Waals surface area contributed by atoms with Gasteiger partial charge in [0.15, 0.2) is 5.78 Å². The van der Waals surface area contributed by atoms with Crippen molar-refractivity contribution in [1.82, 2.24) is 19.7 Å². The van der Waals surface area contributed by atoms with E-state index in [1.807, 2.05) is 24.3 Å². The zero-order valence-corrected chi connectivity index (χ0v) is 31.5. The summed E-state index contributed by atoms with van der Waals surface area (Å²) in [5.74, 6) is -0.991. The average molecular weight is 763 g/mol. The molecule has 0 saturated carbocycles. The number of hydrogen-bond acceptors (Lipinski definition) is 10. The highest BCUT2D eigenvalue weighted by molar-refractivity contribution is 6.35. The number of nitrogens with zero attached hydrogens (tertiary/aromatic N) is 7. The molecule has 53 heavy (non-hydrogen) atoms. The molecular weight excluding hydrogens is 721 g/mol. The number of carbonyl (C=O) groups is 3. The zero-order valence-electron chi connectivity index (χ0n) is 29.9. The van der Waals surface area contributed by atoms with E-state index in [9.17, 15) is 14.4 Å². The summed E-state index contributed by atoms with van der Waals surface area (Å²) >= 11 is 12.7. The summed E-state index contributed by atoms with van der Waals surface area (Å²) in [6, 6.07) is 19.5. The molecule has 3 amide bonds. The second-order valence-electron chi connectivity index (χ2n) is 14.0. The number of urea groups is 1. The molecule has 0 radical (unpaired) electrons. The maximum Gasteiger partial charge on any atom is 0.332 e. The normalized spacial score (nSPS) is 22.1. The number of halogens is 2. The summed E-state index contributed by atoms with van der Waals surface area (Å²) in [6.45, 7) is 10.5. The van der Waals surface area contributed by atoms with Gasteiger partial charge in [-0.15, -0.1) is 0 Å². The van der Waals surface area contributed by atoms with Crippen LogP contribution in [0.5, 0.6) is 5.75 Å². The van der Waals surface area contributed by atoms with Crippen molar-refractivity contribution in [2.24, 2.45) is 0 Å². The van der Waals surface area contributed by atoms with Crippen LogP contribution in [0.2, 0.25) is 10.0 Å².